The van der Waals surface area contributed by atoms with Gasteiger partial charge in [-0.25, -0.2) is 0 Å². The molecule has 3 fully saturated rings. The number of nitrogens with zero attached hydrogens (tertiary/aromatic N) is 4. The first-order chi connectivity index (χ1) is 14.9. The highest BCUT2D eigenvalue weighted by Gasteiger charge is 2.40. The van der Waals surface area contributed by atoms with E-state index >= 15 is 0 Å². The third-order valence-electron chi connectivity index (χ3n) is 8.59. The van der Waals surface area contributed by atoms with Gasteiger partial charge in [-0.05, 0) is 103 Å². The molecule has 31 heavy (non-hydrogen) atoms. The zero-order valence-electron chi connectivity index (χ0n) is 19.7. The number of rotatable bonds is 5. The zero-order valence-corrected chi connectivity index (χ0v) is 19.7. The fraction of sp³-hybridized carbons (Fsp3) is 0.760. The maximum atomic E-state index is 11.2. The number of piperidine rings is 2. The monoisotopic (exact) mass is 428 g/mol. The molecular weight excluding hydrogens is 388 g/mol. The van der Waals surface area contributed by atoms with Crippen molar-refractivity contribution in [3.05, 3.63) is 33.9 Å². The van der Waals surface area contributed by atoms with E-state index in [0.29, 0.717) is 17.9 Å². The lowest BCUT2D eigenvalue weighted by Gasteiger charge is -2.49. The quantitative estimate of drug-likeness (QED) is 0.502. The summed E-state index contributed by atoms with van der Waals surface area (Å²) >= 11 is 0. The maximum absolute atomic E-state index is 11.2. The molecule has 0 radical (unpaired) electrons. The van der Waals surface area contributed by atoms with Crippen molar-refractivity contribution in [2.24, 2.45) is 5.41 Å². The summed E-state index contributed by atoms with van der Waals surface area (Å²) in [6.45, 7) is 6.65. The Kier molecular flexibility index (Phi) is 6.87. The van der Waals surface area contributed by atoms with Gasteiger partial charge in [-0.15, -0.1) is 0 Å². The molecule has 0 N–H and O–H groups in total. The lowest BCUT2D eigenvalue weighted by molar-refractivity contribution is -0.385. The number of nitro benzene ring substituents is 1. The van der Waals surface area contributed by atoms with Gasteiger partial charge in [0, 0.05) is 42.5 Å². The van der Waals surface area contributed by atoms with E-state index in [1.54, 1.807) is 6.07 Å². The largest absolute Gasteiger partial charge is 0.371 e. The van der Waals surface area contributed by atoms with Gasteiger partial charge in [-0.2, -0.15) is 0 Å². The Morgan fingerprint density at radius 2 is 1.68 bits per heavy atom. The SMILES string of the molecule is CCc1cc(N2CCC(N3CCC4(CCC(N(C)C)CC4)CC3)CC2)ccc1[N+](=O)[O-]. The molecule has 0 amide bonds. The Balaban J connectivity index is 1.28. The molecule has 1 saturated carbocycles. The first-order valence-corrected chi connectivity index (χ1v) is 12.3. The number of anilines is 1. The molecule has 172 valence electrons. The highest BCUT2D eigenvalue weighted by molar-refractivity contribution is 5.56. The Labute approximate surface area is 187 Å². The van der Waals surface area contributed by atoms with Crippen LogP contribution in [0.2, 0.25) is 0 Å². The highest BCUT2D eigenvalue weighted by atomic mass is 16.6. The summed E-state index contributed by atoms with van der Waals surface area (Å²) in [5.74, 6) is 0. The number of benzene rings is 1. The summed E-state index contributed by atoms with van der Waals surface area (Å²) in [5.41, 5.74) is 2.87. The second kappa shape index (κ2) is 9.45. The van der Waals surface area contributed by atoms with Crippen LogP contribution in [-0.4, -0.2) is 67.1 Å². The van der Waals surface area contributed by atoms with Gasteiger partial charge in [0.2, 0.25) is 0 Å². The van der Waals surface area contributed by atoms with Crippen LogP contribution in [0.3, 0.4) is 0 Å². The van der Waals surface area contributed by atoms with E-state index in [1.807, 2.05) is 19.1 Å². The maximum Gasteiger partial charge on any atom is 0.272 e. The van der Waals surface area contributed by atoms with E-state index in [-0.39, 0.29) is 10.6 Å². The van der Waals surface area contributed by atoms with E-state index in [4.69, 9.17) is 0 Å². The molecule has 4 rings (SSSR count). The van der Waals surface area contributed by atoms with Gasteiger partial charge in [0.05, 0.1) is 4.92 Å². The van der Waals surface area contributed by atoms with Crippen LogP contribution in [0.25, 0.3) is 0 Å². The molecule has 2 heterocycles. The topological polar surface area (TPSA) is 52.9 Å². The van der Waals surface area contributed by atoms with Crippen LogP contribution >= 0.6 is 0 Å². The molecule has 0 unspecified atom stereocenters. The van der Waals surface area contributed by atoms with Gasteiger partial charge in [0.15, 0.2) is 0 Å². The molecular formula is C25H40N4O2. The second-order valence-electron chi connectivity index (χ2n) is 10.4. The minimum absolute atomic E-state index is 0.253. The molecule has 2 saturated heterocycles. The average Bonchev–Trinajstić information content (AvgIpc) is 2.79. The highest BCUT2D eigenvalue weighted by Crippen LogP contribution is 2.46. The third-order valence-corrected chi connectivity index (χ3v) is 8.59. The van der Waals surface area contributed by atoms with E-state index < -0.39 is 0 Å². The van der Waals surface area contributed by atoms with Crippen LogP contribution in [-0.2, 0) is 6.42 Å². The van der Waals surface area contributed by atoms with Crippen molar-refractivity contribution in [1.82, 2.24) is 9.80 Å². The fourth-order valence-electron chi connectivity index (χ4n) is 6.31. The van der Waals surface area contributed by atoms with Crippen molar-refractivity contribution in [2.45, 2.75) is 76.8 Å². The Morgan fingerprint density at radius 3 is 2.23 bits per heavy atom. The molecule has 3 aliphatic rings. The lowest BCUT2D eigenvalue weighted by Crippen LogP contribution is -2.51. The molecule has 6 nitrogen and oxygen atoms in total. The van der Waals surface area contributed by atoms with E-state index in [1.165, 1.54) is 64.5 Å². The number of likely N-dealkylation sites (tertiary alicyclic amines) is 1. The first kappa shape index (κ1) is 22.5. The van der Waals surface area contributed by atoms with Gasteiger partial charge >= 0.3 is 0 Å². The summed E-state index contributed by atoms with van der Waals surface area (Å²) < 4.78 is 0. The Morgan fingerprint density at radius 1 is 1.03 bits per heavy atom. The summed E-state index contributed by atoms with van der Waals surface area (Å²) in [5, 5.41) is 11.2. The van der Waals surface area contributed by atoms with Gasteiger partial charge in [-0.1, -0.05) is 6.92 Å². The minimum atomic E-state index is -0.259. The predicted octanol–water partition coefficient (Wildman–Crippen LogP) is 4.71. The Hall–Kier alpha value is -1.66. The molecule has 0 atom stereocenters. The minimum Gasteiger partial charge on any atom is -0.371 e. The van der Waals surface area contributed by atoms with Crippen molar-refractivity contribution >= 4 is 11.4 Å². The summed E-state index contributed by atoms with van der Waals surface area (Å²) in [4.78, 5) is 18.6. The molecule has 1 aromatic carbocycles. The Bertz CT molecular complexity index is 755. The molecule has 6 heteroatoms. The van der Waals surface area contributed by atoms with Crippen LogP contribution in [0.1, 0.15) is 63.9 Å². The summed E-state index contributed by atoms with van der Waals surface area (Å²) in [6.07, 6.45) is 11.5. The van der Waals surface area contributed by atoms with Gasteiger partial charge in [0.1, 0.15) is 0 Å². The zero-order chi connectivity index (χ0) is 22.0. The van der Waals surface area contributed by atoms with Crippen LogP contribution in [0.4, 0.5) is 11.4 Å². The van der Waals surface area contributed by atoms with Crippen molar-refractivity contribution in [3.8, 4) is 0 Å². The number of nitro groups is 1. The normalized spacial score (nSPS) is 23.5. The van der Waals surface area contributed by atoms with E-state index in [9.17, 15) is 10.1 Å². The molecule has 1 aromatic rings. The van der Waals surface area contributed by atoms with Crippen LogP contribution in [0, 0.1) is 15.5 Å². The predicted molar refractivity (Wildman–Crippen MR) is 127 cm³/mol. The summed E-state index contributed by atoms with van der Waals surface area (Å²) in [7, 11) is 4.47. The van der Waals surface area contributed by atoms with Crippen LogP contribution in [0.15, 0.2) is 18.2 Å². The second-order valence-corrected chi connectivity index (χ2v) is 10.4. The van der Waals surface area contributed by atoms with Crippen molar-refractivity contribution in [2.75, 3.05) is 45.2 Å². The summed E-state index contributed by atoms with van der Waals surface area (Å²) in [6, 6.07) is 7.16. The van der Waals surface area contributed by atoms with Crippen LogP contribution < -0.4 is 4.90 Å². The number of hydrogen-bond donors (Lipinski definition) is 0. The van der Waals surface area contributed by atoms with Crippen molar-refractivity contribution in [3.63, 3.8) is 0 Å². The van der Waals surface area contributed by atoms with Gasteiger partial charge < -0.3 is 14.7 Å². The smallest absolute Gasteiger partial charge is 0.272 e. The third kappa shape index (κ3) is 4.90. The number of aryl methyl sites for hydroxylation is 1. The molecule has 1 spiro atoms. The fourth-order valence-corrected chi connectivity index (χ4v) is 6.31. The standard InChI is InChI=1S/C25H40N4O2/c1-4-20-19-23(5-6-24(20)29(30)31)27-15-9-22(10-16-27)28-17-13-25(14-18-28)11-7-21(8-12-25)26(2)3/h5-6,19,21-22H,4,7-18H2,1-3H3. The van der Waals surface area contributed by atoms with Crippen molar-refractivity contribution < 1.29 is 4.92 Å². The first-order valence-electron chi connectivity index (χ1n) is 12.3. The molecule has 0 bridgehead atoms. The molecule has 1 aliphatic carbocycles. The van der Waals surface area contributed by atoms with Gasteiger partial charge in [0.25, 0.3) is 5.69 Å². The average molecular weight is 429 g/mol. The number of hydrogen-bond acceptors (Lipinski definition) is 5. The molecule has 2 aliphatic heterocycles. The van der Waals surface area contributed by atoms with Gasteiger partial charge in [-0.3, -0.25) is 10.1 Å². The molecule has 0 aromatic heterocycles. The van der Waals surface area contributed by atoms with Crippen LogP contribution in [0.5, 0.6) is 0 Å². The van der Waals surface area contributed by atoms with Crippen molar-refractivity contribution in [1.29, 1.82) is 0 Å². The lowest BCUT2D eigenvalue weighted by atomic mass is 9.66. The van der Waals surface area contributed by atoms with E-state index in [0.717, 1.165) is 30.4 Å². The van der Waals surface area contributed by atoms with E-state index in [2.05, 4.69) is 28.8 Å².